The van der Waals surface area contributed by atoms with Crippen LogP contribution >= 0.6 is 0 Å². The van der Waals surface area contributed by atoms with Crippen molar-refractivity contribution in [1.29, 1.82) is 0 Å². The van der Waals surface area contributed by atoms with E-state index in [1.54, 1.807) is 0 Å². The second-order valence-electron chi connectivity index (χ2n) is 6.05. The minimum absolute atomic E-state index is 0.0157. The molecule has 2 saturated carbocycles. The Hall–Kier alpha value is -0.570. The Morgan fingerprint density at radius 1 is 1.22 bits per heavy atom. The van der Waals surface area contributed by atoms with Gasteiger partial charge in [0.1, 0.15) is 0 Å². The Morgan fingerprint density at radius 2 is 1.89 bits per heavy atom. The number of rotatable bonds is 6. The number of carbonyl (C=O) groups excluding carboxylic acids is 1. The molecule has 0 aromatic carbocycles. The van der Waals surface area contributed by atoms with Crippen molar-refractivity contribution in [2.75, 3.05) is 6.61 Å². The van der Waals surface area contributed by atoms with Crippen LogP contribution in [0.5, 0.6) is 0 Å². The van der Waals surface area contributed by atoms with E-state index in [0.29, 0.717) is 18.7 Å². The molecule has 0 radical (unpaired) electrons. The summed E-state index contributed by atoms with van der Waals surface area (Å²) in [6.07, 6.45) is 8.43. The monoisotopic (exact) mass is 253 g/mol. The van der Waals surface area contributed by atoms with Gasteiger partial charge in [0.2, 0.25) is 0 Å². The van der Waals surface area contributed by atoms with Crippen LogP contribution in [0.25, 0.3) is 0 Å². The van der Waals surface area contributed by atoms with Crippen molar-refractivity contribution >= 4 is 5.97 Å². The van der Waals surface area contributed by atoms with E-state index >= 15 is 0 Å². The molecule has 1 unspecified atom stereocenters. The quantitative estimate of drug-likeness (QED) is 0.740. The van der Waals surface area contributed by atoms with Crippen LogP contribution < -0.4 is 5.32 Å². The number of nitrogens with one attached hydrogen (secondary N) is 1. The zero-order valence-corrected chi connectivity index (χ0v) is 11.8. The first-order valence-corrected chi connectivity index (χ1v) is 7.61. The normalized spacial score (nSPS) is 29.9. The maximum absolute atomic E-state index is 11.6. The van der Waals surface area contributed by atoms with Crippen LogP contribution in [0.2, 0.25) is 0 Å². The van der Waals surface area contributed by atoms with Crippen molar-refractivity contribution in [3.05, 3.63) is 0 Å². The molecule has 1 atom stereocenters. The van der Waals surface area contributed by atoms with Crippen LogP contribution in [0.15, 0.2) is 0 Å². The van der Waals surface area contributed by atoms with Crippen LogP contribution in [0.3, 0.4) is 0 Å². The summed E-state index contributed by atoms with van der Waals surface area (Å²) in [5.41, 5.74) is 0. The van der Waals surface area contributed by atoms with Gasteiger partial charge in [-0.1, -0.05) is 12.8 Å². The van der Waals surface area contributed by atoms with Crippen molar-refractivity contribution in [1.82, 2.24) is 5.32 Å². The lowest BCUT2D eigenvalue weighted by atomic mass is 9.85. The zero-order valence-electron chi connectivity index (χ0n) is 11.8. The number of ether oxygens (including phenoxy) is 1. The van der Waals surface area contributed by atoms with Crippen LogP contribution in [-0.4, -0.2) is 24.7 Å². The Kier molecular flexibility index (Phi) is 5.04. The Labute approximate surface area is 111 Å². The highest BCUT2D eigenvalue weighted by atomic mass is 16.5. The van der Waals surface area contributed by atoms with Crippen LogP contribution in [0, 0.1) is 11.8 Å². The van der Waals surface area contributed by atoms with Gasteiger partial charge in [0.05, 0.1) is 12.5 Å². The molecule has 2 rings (SSSR count). The first kappa shape index (κ1) is 13.9. The zero-order chi connectivity index (χ0) is 13.0. The Bertz CT molecular complexity index is 268. The third-order valence-corrected chi connectivity index (χ3v) is 4.25. The van der Waals surface area contributed by atoms with Gasteiger partial charge in [-0.3, -0.25) is 4.79 Å². The summed E-state index contributed by atoms with van der Waals surface area (Å²) < 4.78 is 5.10. The van der Waals surface area contributed by atoms with E-state index in [2.05, 4.69) is 12.2 Å². The molecule has 1 N–H and O–H groups in total. The Morgan fingerprint density at radius 3 is 2.44 bits per heavy atom. The lowest BCUT2D eigenvalue weighted by molar-refractivity contribution is -0.149. The fourth-order valence-corrected chi connectivity index (χ4v) is 3.08. The molecule has 3 heteroatoms. The van der Waals surface area contributed by atoms with Gasteiger partial charge in [-0.15, -0.1) is 0 Å². The molecule has 0 aromatic heterocycles. The first-order valence-electron chi connectivity index (χ1n) is 7.61. The molecule has 0 aliphatic heterocycles. The predicted octanol–water partition coefficient (Wildman–Crippen LogP) is 2.89. The fraction of sp³-hybridized carbons (Fsp3) is 0.933. The number of hydrogen-bond donors (Lipinski definition) is 1. The molecule has 0 amide bonds. The molecular formula is C15H27NO2. The minimum atomic E-state index is 0.0157. The van der Waals surface area contributed by atoms with E-state index in [9.17, 15) is 4.79 Å². The second-order valence-corrected chi connectivity index (χ2v) is 6.05. The van der Waals surface area contributed by atoms with Crippen LogP contribution in [0.1, 0.15) is 58.8 Å². The SMILES string of the molecule is CCOC(=O)C1CCC(NC(C)CC2CC2)CC1. The van der Waals surface area contributed by atoms with Crippen LogP contribution in [0.4, 0.5) is 0 Å². The van der Waals surface area contributed by atoms with E-state index < -0.39 is 0 Å². The van der Waals surface area contributed by atoms with Gasteiger partial charge in [-0.05, 0) is 51.9 Å². The standard InChI is InChI=1S/C15H27NO2/c1-3-18-15(17)13-6-8-14(9-7-13)16-11(2)10-12-4-5-12/h11-14,16H,3-10H2,1-2H3. The lowest BCUT2D eigenvalue weighted by Crippen LogP contribution is -2.40. The van der Waals surface area contributed by atoms with E-state index in [1.165, 1.54) is 19.3 Å². The topological polar surface area (TPSA) is 38.3 Å². The molecule has 2 aliphatic carbocycles. The van der Waals surface area contributed by atoms with Gasteiger partial charge in [-0.2, -0.15) is 0 Å². The van der Waals surface area contributed by atoms with Crippen LogP contribution in [-0.2, 0) is 9.53 Å². The number of hydrogen-bond acceptors (Lipinski definition) is 3. The van der Waals surface area contributed by atoms with E-state index in [4.69, 9.17) is 4.74 Å². The summed E-state index contributed by atoms with van der Waals surface area (Å²) >= 11 is 0. The summed E-state index contributed by atoms with van der Waals surface area (Å²) in [6, 6.07) is 1.26. The van der Waals surface area contributed by atoms with Crippen molar-refractivity contribution in [2.24, 2.45) is 11.8 Å². The van der Waals surface area contributed by atoms with Gasteiger partial charge >= 0.3 is 5.97 Å². The highest BCUT2D eigenvalue weighted by Crippen LogP contribution is 2.34. The summed E-state index contributed by atoms with van der Waals surface area (Å²) in [5, 5.41) is 3.73. The van der Waals surface area contributed by atoms with Gasteiger partial charge in [0.25, 0.3) is 0 Å². The smallest absolute Gasteiger partial charge is 0.308 e. The molecule has 2 fully saturated rings. The van der Waals surface area contributed by atoms with Gasteiger partial charge in [0, 0.05) is 12.1 Å². The van der Waals surface area contributed by atoms with E-state index in [0.717, 1.165) is 31.6 Å². The first-order chi connectivity index (χ1) is 8.69. The largest absolute Gasteiger partial charge is 0.466 e. The summed E-state index contributed by atoms with van der Waals surface area (Å²) in [7, 11) is 0. The minimum Gasteiger partial charge on any atom is -0.466 e. The average molecular weight is 253 g/mol. The second kappa shape index (κ2) is 6.55. The molecule has 2 aliphatic rings. The number of carbonyl (C=O) groups is 1. The molecule has 104 valence electrons. The summed E-state index contributed by atoms with van der Waals surface area (Å²) in [5.74, 6) is 1.16. The highest BCUT2D eigenvalue weighted by molar-refractivity contribution is 5.72. The van der Waals surface area contributed by atoms with Crippen molar-refractivity contribution in [2.45, 2.75) is 70.9 Å². The molecule has 18 heavy (non-hydrogen) atoms. The summed E-state index contributed by atoms with van der Waals surface area (Å²) in [6.45, 7) is 4.69. The number of esters is 1. The van der Waals surface area contributed by atoms with Crippen molar-refractivity contribution < 1.29 is 9.53 Å². The van der Waals surface area contributed by atoms with Gasteiger partial charge in [-0.25, -0.2) is 0 Å². The molecule has 0 spiro atoms. The summed E-state index contributed by atoms with van der Waals surface area (Å²) in [4.78, 5) is 11.6. The molecule has 0 saturated heterocycles. The highest BCUT2D eigenvalue weighted by Gasteiger charge is 2.29. The maximum atomic E-state index is 11.6. The van der Waals surface area contributed by atoms with Gasteiger partial charge in [0.15, 0.2) is 0 Å². The Balaban J connectivity index is 1.64. The van der Waals surface area contributed by atoms with E-state index in [-0.39, 0.29) is 11.9 Å². The fourth-order valence-electron chi connectivity index (χ4n) is 3.08. The van der Waals surface area contributed by atoms with Crippen molar-refractivity contribution in [3.8, 4) is 0 Å². The molecule has 3 nitrogen and oxygen atoms in total. The molecule has 0 heterocycles. The third-order valence-electron chi connectivity index (χ3n) is 4.25. The maximum Gasteiger partial charge on any atom is 0.308 e. The average Bonchev–Trinajstić information content (AvgIpc) is 3.14. The van der Waals surface area contributed by atoms with Gasteiger partial charge < -0.3 is 10.1 Å². The van der Waals surface area contributed by atoms with E-state index in [1.807, 2.05) is 6.92 Å². The predicted molar refractivity (Wildman–Crippen MR) is 72.3 cm³/mol. The molecule has 0 aromatic rings. The molecular weight excluding hydrogens is 226 g/mol. The third kappa shape index (κ3) is 4.27. The molecule has 0 bridgehead atoms. The lowest BCUT2D eigenvalue weighted by Gasteiger charge is -2.30. The van der Waals surface area contributed by atoms with Crippen molar-refractivity contribution in [3.63, 3.8) is 0 Å².